The van der Waals surface area contributed by atoms with Gasteiger partial charge in [-0.05, 0) is 6.92 Å². The lowest BCUT2D eigenvalue weighted by Crippen LogP contribution is -2.45. The minimum Gasteiger partial charge on any atom is -0.394 e. The second kappa shape index (κ2) is 4.86. The standard InChI is InChI=1S/C12H13FN2O5/c1-3-12(13)9(18)7(5-16)20-10(12)15-6(2)4-8(17)14-11(15)19/h1,4,7,9-10,16,18H,5H2,2H3,(H,14,17,19)/t7-,9?,10-,12-/m1/s1/i5D2. The van der Waals surface area contributed by atoms with E-state index in [1.807, 2.05) is 4.98 Å². The van der Waals surface area contributed by atoms with Gasteiger partial charge in [-0.2, -0.15) is 0 Å². The largest absolute Gasteiger partial charge is 0.394 e. The molecule has 7 nitrogen and oxygen atoms in total. The Morgan fingerprint density at radius 2 is 2.40 bits per heavy atom. The SMILES string of the molecule is [2H]C([2H])(O)[C@H]1O[C@@H](n2c(C)cc(=O)[nH]c2=O)[C@@](F)(C#C)C1O. The van der Waals surface area contributed by atoms with Gasteiger partial charge in [-0.3, -0.25) is 14.3 Å². The predicted molar refractivity (Wildman–Crippen MR) is 65.7 cm³/mol. The zero-order valence-electron chi connectivity index (χ0n) is 12.3. The van der Waals surface area contributed by atoms with Crippen molar-refractivity contribution in [2.24, 2.45) is 0 Å². The summed E-state index contributed by atoms with van der Waals surface area (Å²) >= 11 is 0. The van der Waals surface area contributed by atoms with E-state index in [4.69, 9.17) is 13.9 Å². The summed E-state index contributed by atoms with van der Waals surface area (Å²) in [6, 6.07) is 0.981. The van der Waals surface area contributed by atoms with Gasteiger partial charge in [0.2, 0.25) is 5.67 Å². The Labute approximate surface area is 115 Å². The normalized spacial score (nSPS) is 35.2. The van der Waals surface area contributed by atoms with Gasteiger partial charge < -0.3 is 14.9 Å². The summed E-state index contributed by atoms with van der Waals surface area (Å²) in [5, 5.41) is 19.2. The number of nitrogens with zero attached hydrogens (tertiary/aromatic N) is 1. The van der Waals surface area contributed by atoms with E-state index in [2.05, 4.69) is 0 Å². The summed E-state index contributed by atoms with van der Waals surface area (Å²) < 4.78 is 34.8. The molecule has 1 aromatic rings. The molecular formula is C12H13FN2O5. The van der Waals surface area contributed by atoms with E-state index in [9.17, 15) is 24.2 Å². The minimum atomic E-state index is -3.10. The third-order valence-corrected chi connectivity index (χ3v) is 3.10. The number of rotatable bonds is 2. The minimum absolute atomic E-state index is 0.0117. The van der Waals surface area contributed by atoms with Crippen LogP contribution in [-0.2, 0) is 4.74 Å². The van der Waals surface area contributed by atoms with Crippen LogP contribution in [0.1, 0.15) is 14.7 Å². The zero-order chi connectivity index (χ0) is 16.9. The maximum absolute atomic E-state index is 14.9. The maximum Gasteiger partial charge on any atom is 0.330 e. The average molecular weight is 286 g/mol. The Morgan fingerprint density at radius 1 is 1.75 bits per heavy atom. The van der Waals surface area contributed by atoms with Gasteiger partial charge in [0.1, 0.15) is 12.2 Å². The molecule has 3 N–H and O–H groups in total. The summed E-state index contributed by atoms with van der Waals surface area (Å²) in [5.41, 5.74) is -4.76. The first kappa shape index (κ1) is 11.8. The molecule has 1 fully saturated rings. The van der Waals surface area contributed by atoms with Crippen molar-refractivity contribution in [2.45, 2.75) is 31.0 Å². The van der Waals surface area contributed by atoms with Gasteiger partial charge in [0.05, 0.1) is 9.30 Å². The van der Waals surface area contributed by atoms with Gasteiger partial charge in [-0.25, -0.2) is 9.18 Å². The van der Waals surface area contributed by atoms with Gasteiger partial charge in [-0.15, -0.1) is 6.42 Å². The molecule has 4 atom stereocenters. The molecule has 1 aromatic heterocycles. The molecule has 8 heteroatoms. The number of hydrogen-bond acceptors (Lipinski definition) is 5. The molecule has 1 saturated heterocycles. The molecule has 0 amide bonds. The molecule has 1 aliphatic rings. The Balaban J connectivity index is 2.63. The van der Waals surface area contributed by atoms with E-state index in [1.165, 1.54) is 6.92 Å². The first-order chi connectivity index (χ1) is 10.0. The topological polar surface area (TPSA) is 105 Å². The Morgan fingerprint density at radius 3 is 2.90 bits per heavy atom. The molecule has 1 aliphatic heterocycles. The number of alkyl halides is 1. The van der Waals surface area contributed by atoms with E-state index in [-0.39, 0.29) is 5.69 Å². The fourth-order valence-electron chi connectivity index (χ4n) is 2.10. The summed E-state index contributed by atoms with van der Waals surface area (Å²) in [6.07, 6.45) is -1.09. The second-order valence-electron chi connectivity index (χ2n) is 4.35. The van der Waals surface area contributed by atoms with Crippen molar-refractivity contribution in [3.63, 3.8) is 0 Å². The van der Waals surface area contributed by atoms with Crippen LogP contribution in [0.15, 0.2) is 15.7 Å². The molecule has 0 saturated carbocycles. The smallest absolute Gasteiger partial charge is 0.330 e. The van der Waals surface area contributed by atoms with Crippen LogP contribution in [0.5, 0.6) is 0 Å². The predicted octanol–water partition coefficient (Wildman–Crippen LogP) is -1.56. The summed E-state index contributed by atoms with van der Waals surface area (Å²) in [4.78, 5) is 25.0. The van der Waals surface area contributed by atoms with Crippen LogP contribution in [0, 0.1) is 19.3 Å². The first-order valence-electron chi connectivity index (χ1n) is 6.57. The number of aromatic nitrogens is 2. The lowest BCUT2D eigenvalue weighted by Gasteiger charge is -2.25. The summed E-state index contributed by atoms with van der Waals surface area (Å²) in [6.45, 7) is -1.79. The van der Waals surface area contributed by atoms with Crippen molar-refractivity contribution in [1.29, 1.82) is 0 Å². The summed E-state index contributed by atoms with van der Waals surface area (Å²) in [7, 11) is 0. The van der Waals surface area contributed by atoms with Crippen molar-refractivity contribution >= 4 is 0 Å². The first-order valence-corrected chi connectivity index (χ1v) is 5.57. The van der Waals surface area contributed by atoms with E-state index in [0.717, 1.165) is 6.07 Å². The van der Waals surface area contributed by atoms with Crippen LogP contribution < -0.4 is 11.2 Å². The van der Waals surface area contributed by atoms with Gasteiger partial charge in [-0.1, -0.05) is 5.92 Å². The Kier molecular flexibility index (Phi) is 2.88. The van der Waals surface area contributed by atoms with Crippen LogP contribution in [0.25, 0.3) is 0 Å². The van der Waals surface area contributed by atoms with Crippen LogP contribution in [0.2, 0.25) is 0 Å². The number of aliphatic hydroxyl groups excluding tert-OH is 1. The van der Waals surface area contributed by atoms with Crippen molar-refractivity contribution in [3.05, 3.63) is 32.6 Å². The van der Waals surface area contributed by atoms with Crippen molar-refractivity contribution in [1.82, 2.24) is 9.55 Å². The molecule has 0 spiro atoms. The van der Waals surface area contributed by atoms with Crippen LogP contribution in [-0.4, -0.2) is 44.2 Å². The van der Waals surface area contributed by atoms with Crippen molar-refractivity contribution in [3.8, 4) is 12.3 Å². The van der Waals surface area contributed by atoms with E-state index in [1.54, 1.807) is 5.92 Å². The summed E-state index contributed by atoms with van der Waals surface area (Å²) in [5.74, 6) is 1.64. The fraction of sp³-hybridized carbons (Fsp3) is 0.500. The second-order valence-corrected chi connectivity index (χ2v) is 4.35. The van der Waals surface area contributed by atoms with Gasteiger partial charge in [0.25, 0.3) is 5.56 Å². The van der Waals surface area contributed by atoms with E-state index < -0.39 is 41.9 Å². The Hall–Kier alpha value is -1.95. The number of halogens is 1. The zero-order valence-corrected chi connectivity index (χ0v) is 10.3. The molecule has 0 aliphatic carbocycles. The highest BCUT2D eigenvalue weighted by Crippen LogP contribution is 2.40. The number of aromatic amines is 1. The molecular weight excluding hydrogens is 271 g/mol. The number of nitrogens with one attached hydrogen (secondary N) is 1. The Bertz CT molecular complexity index is 750. The van der Waals surface area contributed by atoms with Crippen LogP contribution >= 0.6 is 0 Å². The van der Waals surface area contributed by atoms with Gasteiger partial charge in [0, 0.05) is 11.8 Å². The van der Waals surface area contributed by atoms with E-state index >= 15 is 0 Å². The molecule has 0 radical (unpaired) electrons. The lowest BCUT2D eigenvalue weighted by molar-refractivity contribution is -0.0552. The number of ether oxygens (including phenoxy) is 1. The van der Waals surface area contributed by atoms with Crippen LogP contribution in [0.3, 0.4) is 0 Å². The van der Waals surface area contributed by atoms with Gasteiger partial charge >= 0.3 is 5.69 Å². The van der Waals surface area contributed by atoms with Crippen molar-refractivity contribution in [2.75, 3.05) is 6.56 Å². The average Bonchev–Trinajstić information content (AvgIpc) is 2.63. The molecule has 2 heterocycles. The fourth-order valence-corrected chi connectivity index (χ4v) is 2.10. The molecule has 1 unspecified atom stereocenters. The highest BCUT2D eigenvalue weighted by atomic mass is 19.1. The molecule has 0 aromatic carbocycles. The molecule has 0 bridgehead atoms. The number of aliphatic hydroxyl groups is 2. The van der Waals surface area contributed by atoms with Crippen molar-refractivity contribution < 1.29 is 22.1 Å². The number of terminal acetylenes is 1. The van der Waals surface area contributed by atoms with Gasteiger partial charge in [0.15, 0.2) is 6.23 Å². The molecule has 20 heavy (non-hydrogen) atoms. The third-order valence-electron chi connectivity index (χ3n) is 3.10. The van der Waals surface area contributed by atoms with Crippen LogP contribution in [0.4, 0.5) is 4.39 Å². The monoisotopic (exact) mass is 286 g/mol. The number of aryl methyl sites for hydroxylation is 1. The third kappa shape index (κ3) is 1.96. The number of H-pyrrole nitrogens is 1. The highest BCUT2D eigenvalue weighted by molar-refractivity contribution is 5.20. The number of hydrogen-bond donors (Lipinski definition) is 3. The lowest BCUT2D eigenvalue weighted by atomic mass is 9.97. The molecule has 108 valence electrons. The molecule has 2 rings (SSSR count). The van der Waals surface area contributed by atoms with E-state index in [0.29, 0.717) is 4.57 Å². The maximum atomic E-state index is 14.9. The quantitative estimate of drug-likeness (QED) is 0.570. The highest BCUT2D eigenvalue weighted by Gasteiger charge is 2.57.